The van der Waals surface area contributed by atoms with Crippen LogP contribution in [0.3, 0.4) is 0 Å². The number of aromatic nitrogens is 3. The maximum absolute atomic E-state index is 13.0. The van der Waals surface area contributed by atoms with Crippen molar-refractivity contribution in [3.8, 4) is 18.0 Å². The highest BCUT2D eigenvalue weighted by molar-refractivity contribution is 6.30. The van der Waals surface area contributed by atoms with E-state index in [1.807, 2.05) is 6.07 Å². The maximum Gasteiger partial charge on any atom is 0.255 e. The lowest BCUT2D eigenvalue weighted by Gasteiger charge is -2.34. The highest BCUT2D eigenvalue weighted by Crippen LogP contribution is 2.39. The highest BCUT2D eigenvalue weighted by atomic mass is 35.5. The number of nitrogens with zero attached hydrogens (tertiary/aromatic N) is 6. The highest BCUT2D eigenvalue weighted by Gasteiger charge is 2.47. The molecule has 1 aliphatic heterocycles. The molecule has 8 nitrogen and oxygen atoms in total. The lowest BCUT2D eigenvalue weighted by atomic mass is 9.91. The van der Waals surface area contributed by atoms with Gasteiger partial charge in [0, 0.05) is 38.0 Å². The second-order valence-corrected chi connectivity index (χ2v) is 8.27. The molecule has 2 aromatic rings. The van der Waals surface area contributed by atoms with Crippen LogP contribution in [0.1, 0.15) is 40.9 Å². The number of hydrogen-bond donors (Lipinski definition) is 1. The van der Waals surface area contributed by atoms with E-state index in [1.165, 1.54) is 6.20 Å². The van der Waals surface area contributed by atoms with Crippen molar-refractivity contribution < 1.29 is 13.5 Å². The van der Waals surface area contributed by atoms with E-state index < -0.39 is 12.0 Å². The van der Waals surface area contributed by atoms with E-state index in [-0.39, 0.29) is 30.4 Å². The van der Waals surface area contributed by atoms with Crippen molar-refractivity contribution in [1.82, 2.24) is 19.9 Å². The third kappa shape index (κ3) is 4.57. The fraction of sp³-hybridized carbons (Fsp3) is 0.476. The summed E-state index contributed by atoms with van der Waals surface area (Å²) in [6, 6.07) is 4.14. The van der Waals surface area contributed by atoms with Gasteiger partial charge in [0.2, 0.25) is 5.88 Å². The van der Waals surface area contributed by atoms with Gasteiger partial charge in [0.25, 0.3) is 5.92 Å². The molecule has 2 aliphatic rings. The summed E-state index contributed by atoms with van der Waals surface area (Å²) < 4.78 is 31.5. The van der Waals surface area contributed by atoms with E-state index in [0.29, 0.717) is 43.1 Å². The van der Waals surface area contributed by atoms with Crippen LogP contribution in [0.15, 0.2) is 6.20 Å². The number of alkyl halides is 2. The minimum Gasteiger partial charge on any atom is -0.473 e. The van der Waals surface area contributed by atoms with Crippen LogP contribution in [0, 0.1) is 29.6 Å². The van der Waals surface area contributed by atoms with Crippen LogP contribution in [-0.2, 0) is 19.5 Å². The molecular formula is C21H20ClF2N7O. The zero-order valence-electron chi connectivity index (χ0n) is 17.3. The van der Waals surface area contributed by atoms with Crippen LogP contribution in [0.4, 0.5) is 14.6 Å². The Morgan fingerprint density at radius 1 is 1.31 bits per heavy atom. The standard InChI is InChI=1S/C21H20ClF2N7O/c1-12-17(28-9-18(29-12)32-13-6-21(23,24)7-13)11-31-5-2-14-15(8-26)19(22)30-20(16(14)10-31)27-4-3-25/h9,13H,2,4-7,10-11H2,1H3,(H,27,30). The van der Waals surface area contributed by atoms with Crippen LogP contribution in [0.25, 0.3) is 0 Å². The van der Waals surface area contributed by atoms with Crippen LogP contribution in [-0.4, -0.2) is 45.0 Å². The first-order valence-electron chi connectivity index (χ1n) is 10.1. The van der Waals surface area contributed by atoms with E-state index in [1.54, 1.807) is 6.92 Å². The molecule has 2 aromatic heterocycles. The van der Waals surface area contributed by atoms with E-state index >= 15 is 0 Å². The summed E-state index contributed by atoms with van der Waals surface area (Å²) in [5, 5.41) is 21.5. The Morgan fingerprint density at radius 3 is 2.75 bits per heavy atom. The molecule has 0 atom stereocenters. The molecule has 1 saturated carbocycles. The number of ether oxygens (including phenoxy) is 1. The topological polar surface area (TPSA) is 111 Å². The van der Waals surface area contributed by atoms with E-state index in [2.05, 4.69) is 31.2 Å². The number of hydrogen-bond acceptors (Lipinski definition) is 8. The molecule has 1 fully saturated rings. The van der Waals surface area contributed by atoms with Gasteiger partial charge in [0.1, 0.15) is 29.7 Å². The minimum absolute atomic E-state index is 0.0701. The van der Waals surface area contributed by atoms with Gasteiger partial charge in [-0.25, -0.2) is 18.7 Å². The van der Waals surface area contributed by atoms with Gasteiger partial charge in [-0.15, -0.1) is 0 Å². The minimum atomic E-state index is -2.65. The van der Waals surface area contributed by atoms with E-state index in [4.69, 9.17) is 21.6 Å². The number of nitrogens with one attached hydrogen (secondary N) is 1. The summed E-state index contributed by atoms with van der Waals surface area (Å²) in [7, 11) is 0. The molecule has 4 rings (SSSR count). The first kappa shape index (κ1) is 22.1. The number of aryl methyl sites for hydroxylation is 1. The van der Waals surface area contributed by atoms with Crippen LogP contribution in [0.5, 0.6) is 5.88 Å². The molecule has 0 radical (unpaired) electrons. The Bertz CT molecular complexity index is 1120. The third-order valence-electron chi connectivity index (χ3n) is 5.61. The van der Waals surface area contributed by atoms with Gasteiger partial charge in [-0.05, 0) is 18.9 Å². The molecule has 0 aromatic carbocycles. The molecule has 1 aliphatic carbocycles. The molecule has 166 valence electrons. The average molecular weight is 460 g/mol. The molecule has 11 heteroatoms. The largest absolute Gasteiger partial charge is 0.473 e. The monoisotopic (exact) mass is 459 g/mol. The summed E-state index contributed by atoms with van der Waals surface area (Å²) in [5.41, 5.74) is 3.45. The SMILES string of the molecule is Cc1nc(OC2CC(F)(F)C2)cnc1CN1CCc2c(C#N)c(Cl)nc(NCC#N)c2C1. The Balaban J connectivity index is 1.48. The Kier molecular flexibility index (Phi) is 6.09. The third-order valence-corrected chi connectivity index (χ3v) is 5.89. The average Bonchev–Trinajstić information content (AvgIpc) is 2.73. The van der Waals surface area contributed by atoms with Gasteiger partial charge >= 0.3 is 0 Å². The maximum atomic E-state index is 13.0. The summed E-state index contributed by atoms with van der Waals surface area (Å²) in [6.07, 6.45) is 0.939. The first-order valence-corrected chi connectivity index (χ1v) is 10.5. The lowest BCUT2D eigenvalue weighted by molar-refractivity contribution is -0.135. The fourth-order valence-corrected chi connectivity index (χ4v) is 4.19. The Hall–Kier alpha value is -3.08. The summed E-state index contributed by atoms with van der Waals surface area (Å²) >= 11 is 6.17. The fourth-order valence-electron chi connectivity index (χ4n) is 3.95. The molecule has 0 spiro atoms. The Morgan fingerprint density at radius 2 is 2.09 bits per heavy atom. The van der Waals surface area contributed by atoms with Gasteiger partial charge in [0.05, 0.1) is 29.2 Å². The van der Waals surface area contributed by atoms with E-state index in [0.717, 1.165) is 16.8 Å². The zero-order valence-corrected chi connectivity index (χ0v) is 18.1. The van der Waals surface area contributed by atoms with Crippen LogP contribution in [0.2, 0.25) is 5.15 Å². The smallest absolute Gasteiger partial charge is 0.255 e. The van der Waals surface area contributed by atoms with Crippen LogP contribution >= 0.6 is 11.6 Å². The number of rotatable bonds is 6. The van der Waals surface area contributed by atoms with Crippen molar-refractivity contribution in [3.05, 3.63) is 39.4 Å². The molecule has 0 bridgehead atoms. The number of fused-ring (bicyclic) bond motifs is 1. The molecule has 3 heterocycles. The lowest BCUT2D eigenvalue weighted by Crippen LogP contribution is -2.43. The summed E-state index contributed by atoms with van der Waals surface area (Å²) in [5.74, 6) is -1.90. The van der Waals surface area contributed by atoms with Crippen LogP contribution < -0.4 is 10.1 Å². The molecule has 32 heavy (non-hydrogen) atoms. The molecular weight excluding hydrogens is 440 g/mol. The second-order valence-electron chi connectivity index (χ2n) is 7.91. The number of pyridine rings is 1. The van der Waals surface area contributed by atoms with Crippen molar-refractivity contribution in [3.63, 3.8) is 0 Å². The van der Waals surface area contributed by atoms with Gasteiger partial charge in [0.15, 0.2) is 0 Å². The summed E-state index contributed by atoms with van der Waals surface area (Å²) in [6.45, 7) is 3.55. The summed E-state index contributed by atoms with van der Waals surface area (Å²) in [4.78, 5) is 15.2. The van der Waals surface area contributed by atoms with Crippen molar-refractivity contribution in [2.45, 2.75) is 51.3 Å². The quantitative estimate of drug-likeness (QED) is 0.517. The number of halogens is 3. The molecule has 0 saturated heterocycles. The van der Waals surface area contributed by atoms with Gasteiger partial charge < -0.3 is 10.1 Å². The molecule has 1 N–H and O–H groups in total. The number of nitriles is 2. The normalized spacial score (nSPS) is 17.6. The van der Waals surface area contributed by atoms with Crippen molar-refractivity contribution >= 4 is 17.4 Å². The van der Waals surface area contributed by atoms with Gasteiger partial charge in [-0.1, -0.05) is 11.6 Å². The number of anilines is 1. The van der Waals surface area contributed by atoms with Crippen molar-refractivity contribution in [1.29, 1.82) is 10.5 Å². The molecule has 0 unspecified atom stereocenters. The Labute approximate surface area is 188 Å². The first-order chi connectivity index (χ1) is 15.3. The predicted molar refractivity (Wildman–Crippen MR) is 111 cm³/mol. The predicted octanol–water partition coefficient (Wildman–Crippen LogP) is 3.38. The second kappa shape index (κ2) is 8.81. The van der Waals surface area contributed by atoms with Gasteiger partial charge in [-0.2, -0.15) is 10.5 Å². The molecule has 0 amide bonds. The van der Waals surface area contributed by atoms with Crippen molar-refractivity contribution in [2.24, 2.45) is 0 Å². The van der Waals surface area contributed by atoms with E-state index in [9.17, 15) is 14.0 Å². The van der Waals surface area contributed by atoms with Crippen molar-refractivity contribution in [2.75, 3.05) is 18.4 Å². The van der Waals surface area contributed by atoms with Gasteiger partial charge in [-0.3, -0.25) is 9.88 Å². The zero-order chi connectivity index (χ0) is 22.9.